The van der Waals surface area contributed by atoms with E-state index in [9.17, 15) is 0 Å². The van der Waals surface area contributed by atoms with Crippen molar-refractivity contribution in [1.29, 1.82) is 0 Å². The normalized spacial score (nSPS) is 11.7. The van der Waals surface area contributed by atoms with Gasteiger partial charge in [0.05, 0.1) is 0 Å². The molecule has 0 fully saturated rings. The number of aromatic nitrogens is 10. The van der Waals surface area contributed by atoms with E-state index in [0.29, 0.717) is 108 Å². The van der Waals surface area contributed by atoms with Crippen molar-refractivity contribution in [1.82, 2.24) is 49.8 Å². The molecule has 11 aromatic carbocycles. The molecular formula is C86H50N10O4. The predicted molar refractivity (Wildman–Crippen MR) is 395 cm³/mol. The summed E-state index contributed by atoms with van der Waals surface area (Å²) in [4.78, 5) is 51.2. The van der Waals surface area contributed by atoms with Gasteiger partial charge in [-0.3, -0.25) is 0 Å². The first-order valence-corrected chi connectivity index (χ1v) is 32.6. The zero-order valence-electron chi connectivity index (χ0n) is 53.1. The van der Waals surface area contributed by atoms with Gasteiger partial charge >= 0.3 is 0 Å². The van der Waals surface area contributed by atoms with Crippen molar-refractivity contribution in [2.45, 2.75) is 0 Å². The molecule has 0 unspecified atom stereocenters. The fraction of sp³-hybridized carbons (Fsp3) is 0. The van der Waals surface area contributed by atoms with Crippen molar-refractivity contribution in [3.05, 3.63) is 303 Å². The third kappa shape index (κ3) is 9.89. The lowest BCUT2D eigenvalue weighted by molar-refractivity contribution is 0.603. The Balaban J connectivity index is 0.658. The average Bonchev–Trinajstić information content (AvgIpc) is 1.58. The van der Waals surface area contributed by atoms with E-state index >= 15 is 0 Å². The third-order valence-corrected chi connectivity index (χ3v) is 18.2. The molecule has 14 heteroatoms. The second-order valence-corrected chi connectivity index (χ2v) is 24.3. The van der Waals surface area contributed by atoms with Crippen molar-refractivity contribution in [3.63, 3.8) is 0 Å². The zero-order valence-corrected chi connectivity index (χ0v) is 53.1. The van der Waals surface area contributed by atoms with Gasteiger partial charge in [0, 0.05) is 88.1 Å². The Hall–Kier alpha value is -14.0. The molecule has 0 atom stereocenters. The highest BCUT2D eigenvalue weighted by Crippen LogP contribution is 2.44. The topological polar surface area (TPSA) is 181 Å². The van der Waals surface area contributed by atoms with Gasteiger partial charge in [-0.2, -0.15) is 0 Å². The summed E-state index contributed by atoms with van der Waals surface area (Å²) < 4.78 is 26.6. The SMILES string of the molecule is C=Cc1oc2cc(-c3nc(-c4ccccc4)nc(-c4cccc(-c5ccc(-c6nc(-c7ccccc7)nc(-c7ccc8c(c7)oc7c(-c9nc(-c%10ccccc%10)nc%10c9oc9ccccc9%10)cccc78)n6)cc5)c4)n3)ccc2c1C(=C)c1nc(-c2ccccc2)nc2c1oc1ccccc12. The van der Waals surface area contributed by atoms with Crippen molar-refractivity contribution in [3.8, 4) is 113 Å². The van der Waals surface area contributed by atoms with Gasteiger partial charge in [0.15, 0.2) is 57.8 Å². The summed E-state index contributed by atoms with van der Waals surface area (Å²) in [6.07, 6.45) is 1.69. The van der Waals surface area contributed by atoms with Crippen LogP contribution in [0.1, 0.15) is 17.0 Å². The molecule has 0 radical (unpaired) electrons. The van der Waals surface area contributed by atoms with Crippen molar-refractivity contribution >= 4 is 88.7 Å². The van der Waals surface area contributed by atoms with Gasteiger partial charge < -0.3 is 17.7 Å². The van der Waals surface area contributed by atoms with E-state index in [0.717, 1.165) is 105 Å². The molecule has 468 valence electrons. The first-order chi connectivity index (χ1) is 49.4. The van der Waals surface area contributed by atoms with Crippen LogP contribution in [-0.4, -0.2) is 49.8 Å². The van der Waals surface area contributed by atoms with Gasteiger partial charge in [-0.1, -0.05) is 225 Å². The van der Waals surface area contributed by atoms with Gasteiger partial charge in [-0.25, -0.2) is 49.8 Å². The summed E-state index contributed by atoms with van der Waals surface area (Å²) in [6.45, 7) is 8.83. The standard InChI is InChI=1S/C86H50N10O4/c1-3-66-71(49(2)72-77-73(63-32-16-18-36-67(63)98-77)88-79(87-72)51-22-8-4-9-23-51)62-45-43-59(48-70(62)97-66)86-94-82(54-28-14-7-15-29-54)92-84(96-86)57-31-20-30-56(46-57)50-38-40-55(41-39-50)83-91-81(53-26-12-6-13-27-53)93-85(95-83)58-42-44-60-61-34-21-35-65(76(61)100-69(60)47-58)75-78-74(64-33-17-19-37-68(64)99-78)89-80(90-75)52-24-10-5-11-25-52/h3-48H,1-2H2. The first kappa shape index (κ1) is 57.5. The minimum atomic E-state index is 0.462. The highest BCUT2D eigenvalue weighted by molar-refractivity contribution is 6.14. The number of furan rings is 4. The van der Waals surface area contributed by atoms with Crippen LogP contribution < -0.4 is 0 Å². The van der Waals surface area contributed by atoms with Gasteiger partial charge in [0.2, 0.25) is 0 Å². The van der Waals surface area contributed by atoms with Crippen molar-refractivity contribution < 1.29 is 17.7 Å². The van der Waals surface area contributed by atoms with Crippen LogP contribution >= 0.6 is 0 Å². The van der Waals surface area contributed by atoms with Gasteiger partial charge in [-0.15, -0.1) is 0 Å². The molecule has 0 amide bonds. The number of rotatable bonds is 13. The molecule has 0 N–H and O–H groups in total. The quantitative estimate of drug-likeness (QED) is 0.106. The van der Waals surface area contributed by atoms with E-state index in [2.05, 4.69) is 49.6 Å². The number of hydrogen-bond acceptors (Lipinski definition) is 14. The van der Waals surface area contributed by atoms with Crippen LogP contribution in [0.4, 0.5) is 0 Å². The molecule has 100 heavy (non-hydrogen) atoms. The summed E-state index contributed by atoms with van der Waals surface area (Å²) in [5, 5.41) is 4.45. The molecule has 0 saturated heterocycles. The van der Waals surface area contributed by atoms with E-state index in [1.807, 2.05) is 237 Å². The Labute approximate surface area is 569 Å². The second-order valence-electron chi connectivity index (χ2n) is 24.3. The Morgan fingerprint density at radius 2 is 0.660 bits per heavy atom. The molecule has 8 aromatic heterocycles. The molecule has 0 bridgehead atoms. The van der Waals surface area contributed by atoms with Gasteiger partial charge in [-0.05, 0) is 77.9 Å². The summed E-state index contributed by atoms with van der Waals surface area (Å²) in [7, 11) is 0. The molecule has 14 nitrogen and oxygen atoms in total. The molecular weight excluding hydrogens is 1240 g/mol. The lowest BCUT2D eigenvalue weighted by atomic mass is 9.98. The van der Waals surface area contributed by atoms with E-state index in [4.69, 9.17) is 67.5 Å². The molecule has 8 heterocycles. The van der Waals surface area contributed by atoms with Crippen LogP contribution in [0.25, 0.3) is 202 Å². The minimum Gasteiger partial charge on any atom is -0.456 e. The monoisotopic (exact) mass is 1290 g/mol. The van der Waals surface area contributed by atoms with Crippen LogP contribution in [0.3, 0.4) is 0 Å². The van der Waals surface area contributed by atoms with Gasteiger partial charge in [0.1, 0.15) is 56.1 Å². The molecule has 19 aromatic rings. The van der Waals surface area contributed by atoms with E-state index < -0.39 is 0 Å². The van der Waals surface area contributed by atoms with Crippen molar-refractivity contribution in [2.75, 3.05) is 0 Å². The predicted octanol–water partition coefficient (Wildman–Crippen LogP) is 21.5. The highest BCUT2D eigenvalue weighted by Gasteiger charge is 2.27. The smallest absolute Gasteiger partial charge is 0.180 e. The number of para-hydroxylation sites is 3. The molecule has 0 saturated carbocycles. The number of nitrogens with zero attached hydrogens (tertiary/aromatic N) is 10. The van der Waals surface area contributed by atoms with E-state index in [1.165, 1.54) is 0 Å². The largest absolute Gasteiger partial charge is 0.456 e. The van der Waals surface area contributed by atoms with Crippen LogP contribution in [0.5, 0.6) is 0 Å². The second kappa shape index (κ2) is 23.4. The first-order valence-electron chi connectivity index (χ1n) is 32.6. The maximum absolute atomic E-state index is 6.91. The molecule has 0 aliphatic rings. The maximum Gasteiger partial charge on any atom is 0.180 e. The van der Waals surface area contributed by atoms with Crippen LogP contribution in [0.2, 0.25) is 0 Å². The van der Waals surface area contributed by atoms with Crippen LogP contribution in [0, 0.1) is 0 Å². The number of benzene rings is 11. The maximum atomic E-state index is 6.91. The highest BCUT2D eigenvalue weighted by atomic mass is 16.3. The lowest BCUT2D eigenvalue weighted by Crippen LogP contribution is -2.00. The Kier molecular flexibility index (Phi) is 13.5. The molecule has 0 spiro atoms. The number of hydrogen-bond donors (Lipinski definition) is 0. The summed E-state index contributed by atoms with van der Waals surface area (Å²) in [5.74, 6) is 4.68. The Morgan fingerprint density at radius 1 is 0.270 bits per heavy atom. The molecule has 0 aliphatic heterocycles. The molecule has 19 rings (SSSR count). The Bertz CT molecular complexity index is 6510. The third-order valence-electron chi connectivity index (χ3n) is 18.2. The fourth-order valence-electron chi connectivity index (χ4n) is 13.3. The summed E-state index contributed by atoms with van der Waals surface area (Å²) >= 11 is 0. The summed E-state index contributed by atoms with van der Waals surface area (Å²) in [5.41, 5.74) is 17.6. The van der Waals surface area contributed by atoms with Crippen LogP contribution in [-0.2, 0) is 0 Å². The summed E-state index contributed by atoms with van der Waals surface area (Å²) in [6, 6.07) is 90.2. The van der Waals surface area contributed by atoms with E-state index in [1.54, 1.807) is 6.08 Å². The molecule has 0 aliphatic carbocycles. The average molecular weight is 1290 g/mol. The van der Waals surface area contributed by atoms with Crippen LogP contribution in [0.15, 0.2) is 304 Å². The zero-order chi connectivity index (χ0) is 66.4. The Morgan fingerprint density at radius 3 is 1.22 bits per heavy atom. The number of fused-ring (bicyclic) bond motifs is 10. The fourth-order valence-corrected chi connectivity index (χ4v) is 13.3. The van der Waals surface area contributed by atoms with Crippen molar-refractivity contribution in [2.24, 2.45) is 0 Å². The minimum absolute atomic E-state index is 0.462. The van der Waals surface area contributed by atoms with E-state index in [-0.39, 0.29) is 0 Å². The van der Waals surface area contributed by atoms with Gasteiger partial charge in [0.25, 0.3) is 0 Å². The lowest BCUT2D eigenvalue weighted by Gasteiger charge is -2.11.